The third-order valence-electron chi connectivity index (χ3n) is 2.23. The van der Waals surface area contributed by atoms with Crippen LogP contribution in [0.3, 0.4) is 0 Å². The second-order valence-corrected chi connectivity index (χ2v) is 3.67. The van der Waals surface area contributed by atoms with Crippen LogP contribution in [0, 0.1) is 5.92 Å². The van der Waals surface area contributed by atoms with E-state index in [1.165, 1.54) is 0 Å². The first-order chi connectivity index (χ1) is 6.87. The van der Waals surface area contributed by atoms with Crippen molar-refractivity contribution in [1.82, 2.24) is 0 Å². The molecule has 0 rings (SSSR count). The summed E-state index contributed by atoms with van der Waals surface area (Å²) in [6.07, 6.45) is -3.21. The van der Waals surface area contributed by atoms with E-state index in [2.05, 4.69) is 0 Å². The predicted octanol–water partition coefficient (Wildman–Crippen LogP) is -0.721. The van der Waals surface area contributed by atoms with Crippen LogP contribution in [0.25, 0.3) is 0 Å². The van der Waals surface area contributed by atoms with Gasteiger partial charge in [0, 0.05) is 12.4 Å². The average molecular weight is 248 g/mol. The molecule has 0 aromatic carbocycles. The summed E-state index contributed by atoms with van der Waals surface area (Å²) in [5, 5.41) is 10.5. The molecule has 0 spiro atoms. The van der Waals surface area contributed by atoms with E-state index >= 15 is 0 Å². The molecule has 0 aliphatic carbocycles. The first-order valence-electron chi connectivity index (χ1n) is 5.14. The number of aliphatic carboxylic acids is 1. The van der Waals surface area contributed by atoms with Gasteiger partial charge in [-0.15, -0.1) is 0 Å². The number of alkyl halides is 3. The molecule has 0 aliphatic heterocycles. The molecule has 0 bridgehead atoms. The van der Waals surface area contributed by atoms with Gasteiger partial charge in [0.1, 0.15) is 0 Å². The molecule has 0 fully saturated rings. The van der Waals surface area contributed by atoms with E-state index < -0.39 is 24.5 Å². The van der Waals surface area contributed by atoms with E-state index in [4.69, 9.17) is 0 Å². The fourth-order valence-corrected chi connectivity index (χ4v) is 1.44. The maximum Gasteiger partial charge on any atom is 1.00 e. The topological polar surface area (TPSA) is 40.1 Å². The smallest absolute Gasteiger partial charge is 0.550 e. The van der Waals surface area contributed by atoms with E-state index in [1.807, 2.05) is 6.92 Å². The zero-order chi connectivity index (χ0) is 11.9. The molecular formula is C10H16F3NaO2. The van der Waals surface area contributed by atoms with Crippen molar-refractivity contribution in [3.8, 4) is 0 Å². The van der Waals surface area contributed by atoms with Crippen molar-refractivity contribution >= 4 is 5.97 Å². The van der Waals surface area contributed by atoms with E-state index in [1.54, 1.807) is 0 Å². The fourth-order valence-electron chi connectivity index (χ4n) is 1.44. The van der Waals surface area contributed by atoms with Crippen LogP contribution >= 0.6 is 0 Å². The number of carbonyl (C=O) groups is 1. The van der Waals surface area contributed by atoms with E-state index in [9.17, 15) is 23.1 Å². The van der Waals surface area contributed by atoms with Crippen molar-refractivity contribution in [3.05, 3.63) is 0 Å². The van der Waals surface area contributed by atoms with E-state index in [0.717, 1.165) is 0 Å². The predicted molar refractivity (Wildman–Crippen MR) is 47.9 cm³/mol. The van der Waals surface area contributed by atoms with Crippen LogP contribution in [0.4, 0.5) is 13.2 Å². The minimum atomic E-state index is -4.14. The van der Waals surface area contributed by atoms with Gasteiger partial charge in [-0.05, 0) is 25.2 Å². The number of carboxylic acid groups (broad SMARTS) is 1. The molecule has 0 heterocycles. The van der Waals surface area contributed by atoms with Crippen LogP contribution in [-0.4, -0.2) is 12.1 Å². The van der Waals surface area contributed by atoms with Crippen LogP contribution < -0.4 is 34.7 Å². The van der Waals surface area contributed by atoms with Gasteiger partial charge in [-0.25, -0.2) is 0 Å². The van der Waals surface area contributed by atoms with Crippen LogP contribution in [0.1, 0.15) is 45.4 Å². The van der Waals surface area contributed by atoms with Crippen LogP contribution in [0.5, 0.6) is 0 Å². The number of hydrogen-bond acceptors (Lipinski definition) is 2. The van der Waals surface area contributed by atoms with Crippen LogP contribution in [0.2, 0.25) is 0 Å². The Morgan fingerprint density at radius 1 is 1.25 bits per heavy atom. The molecule has 16 heavy (non-hydrogen) atoms. The van der Waals surface area contributed by atoms with Crippen molar-refractivity contribution in [2.45, 2.75) is 51.6 Å². The number of halogens is 3. The van der Waals surface area contributed by atoms with Gasteiger partial charge in [0.25, 0.3) is 0 Å². The second kappa shape index (κ2) is 9.31. The van der Waals surface area contributed by atoms with Gasteiger partial charge in [-0.2, -0.15) is 13.2 Å². The number of rotatable bonds is 7. The molecular weight excluding hydrogens is 232 g/mol. The molecule has 0 aliphatic rings. The normalized spacial score (nSPS) is 13.0. The first-order valence-corrected chi connectivity index (χ1v) is 5.14. The molecule has 0 saturated heterocycles. The summed E-state index contributed by atoms with van der Waals surface area (Å²) >= 11 is 0. The molecule has 1 atom stereocenters. The summed E-state index contributed by atoms with van der Waals surface area (Å²) in [7, 11) is 0. The van der Waals surface area contributed by atoms with Gasteiger partial charge in [0.2, 0.25) is 0 Å². The van der Waals surface area contributed by atoms with Gasteiger partial charge in [0.15, 0.2) is 0 Å². The minimum absolute atomic E-state index is 0. The number of carboxylic acids is 1. The van der Waals surface area contributed by atoms with Gasteiger partial charge in [0.05, 0.1) is 0 Å². The average Bonchev–Trinajstić information content (AvgIpc) is 2.08. The Hall–Kier alpha value is 0.260. The summed E-state index contributed by atoms with van der Waals surface area (Å²) in [5.41, 5.74) is 0. The van der Waals surface area contributed by atoms with Crippen LogP contribution in [0.15, 0.2) is 0 Å². The summed E-state index contributed by atoms with van der Waals surface area (Å²) in [5.74, 6) is -1.74. The molecule has 6 heteroatoms. The third kappa shape index (κ3) is 10.8. The molecule has 0 aromatic rings. The van der Waals surface area contributed by atoms with Gasteiger partial charge < -0.3 is 9.90 Å². The SMILES string of the molecule is CCCC(CCCCC(F)(F)F)C(=O)[O-].[Na+]. The maximum atomic E-state index is 11.8. The molecule has 2 nitrogen and oxygen atoms in total. The zero-order valence-corrected chi connectivity index (χ0v) is 11.8. The van der Waals surface area contributed by atoms with E-state index in [-0.39, 0.29) is 48.8 Å². The monoisotopic (exact) mass is 248 g/mol. The molecule has 0 radical (unpaired) electrons. The van der Waals surface area contributed by atoms with Gasteiger partial charge in [-0.3, -0.25) is 0 Å². The number of hydrogen-bond donors (Lipinski definition) is 0. The molecule has 1 unspecified atom stereocenters. The van der Waals surface area contributed by atoms with Crippen LogP contribution in [-0.2, 0) is 4.79 Å². The molecule has 0 aromatic heterocycles. The summed E-state index contributed by atoms with van der Waals surface area (Å²) in [4.78, 5) is 10.5. The second-order valence-electron chi connectivity index (χ2n) is 3.67. The quantitative estimate of drug-likeness (QED) is 0.440. The van der Waals surface area contributed by atoms with E-state index in [0.29, 0.717) is 12.8 Å². The van der Waals surface area contributed by atoms with Crippen molar-refractivity contribution in [3.63, 3.8) is 0 Å². The summed E-state index contributed by atoms with van der Waals surface area (Å²) in [6.45, 7) is 1.84. The third-order valence-corrected chi connectivity index (χ3v) is 2.23. The van der Waals surface area contributed by atoms with Gasteiger partial charge >= 0.3 is 35.7 Å². The fraction of sp³-hybridized carbons (Fsp3) is 0.900. The summed E-state index contributed by atoms with van der Waals surface area (Å²) < 4.78 is 35.3. The summed E-state index contributed by atoms with van der Waals surface area (Å²) in [6, 6.07) is 0. The molecule has 90 valence electrons. The van der Waals surface area contributed by atoms with Crippen molar-refractivity contribution in [1.29, 1.82) is 0 Å². The first kappa shape index (κ1) is 18.6. The Bertz CT molecular complexity index is 195. The molecule has 0 saturated carbocycles. The van der Waals surface area contributed by atoms with Gasteiger partial charge in [-0.1, -0.05) is 19.8 Å². The Labute approximate surface area is 116 Å². The van der Waals surface area contributed by atoms with Crippen molar-refractivity contribution < 1.29 is 52.6 Å². The Kier molecular flexibility index (Phi) is 10.8. The Morgan fingerprint density at radius 3 is 2.19 bits per heavy atom. The Balaban J connectivity index is 0. The molecule has 0 N–H and O–H groups in total. The minimum Gasteiger partial charge on any atom is -0.550 e. The largest absolute Gasteiger partial charge is 1.00 e. The number of unbranched alkanes of at least 4 members (excludes halogenated alkanes) is 1. The zero-order valence-electron chi connectivity index (χ0n) is 9.77. The van der Waals surface area contributed by atoms with Crippen molar-refractivity contribution in [2.75, 3.05) is 0 Å². The molecule has 0 amide bonds. The maximum absolute atomic E-state index is 11.8. The van der Waals surface area contributed by atoms with Crippen molar-refractivity contribution in [2.24, 2.45) is 5.92 Å². The number of carbonyl (C=O) groups excluding carboxylic acids is 1. The standard InChI is InChI=1S/C10H17F3O2.Na/c1-2-5-8(9(14)15)6-3-4-7-10(11,12)13;/h8H,2-7H2,1H3,(H,14,15);/q;+1/p-1. The Morgan fingerprint density at radius 2 is 1.81 bits per heavy atom.